The molecular formula is C14H23N3. The van der Waals surface area contributed by atoms with Crippen molar-refractivity contribution in [2.45, 2.75) is 25.7 Å². The molecule has 2 N–H and O–H groups in total. The van der Waals surface area contributed by atoms with Crippen molar-refractivity contribution in [3.63, 3.8) is 0 Å². The number of rotatable bonds is 4. The lowest BCUT2D eigenvalue weighted by molar-refractivity contribution is 0.175. The highest BCUT2D eigenvalue weighted by Gasteiger charge is 2.26. The third-order valence-corrected chi connectivity index (χ3v) is 3.97. The van der Waals surface area contributed by atoms with Crippen LogP contribution in [0.1, 0.15) is 31.4 Å². The lowest BCUT2D eigenvalue weighted by Gasteiger charge is -2.35. The minimum atomic E-state index is 0.440. The van der Waals surface area contributed by atoms with E-state index < -0.39 is 0 Å². The van der Waals surface area contributed by atoms with E-state index >= 15 is 0 Å². The maximum Gasteiger partial charge on any atom is 0.0449 e. The summed E-state index contributed by atoms with van der Waals surface area (Å²) < 4.78 is 0. The van der Waals surface area contributed by atoms with Crippen LogP contribution < -0.4 is 5.73 Å². The maximum atomic E-state index is 5.95. The van der Waals surface area contributed by atoms with Gasteiger partial charge in [-0.1, -0.05) is 13.0 Å². The van der Waals surface area contributed by atoms with Crippen LogP contribution in [-0.2, 0) is 0 Å². The van der Waals surface area contributed by atoms with E-state index in [0.29, 0.717) is 18.4 Å². The molecule has 17 heavy (non-hydrogen) atoms. The normalized spacial score (nSPS) is 20.4. The van der Waals surface area contributed by atoms with Crippen molar-refractivity contribution in [1.29, 1.82) is 0 Å². The van der Waals surface area contributed by atoms with Crippen molar-refractivity contribution in [2.24, 2.45) is 11.7 Å². The molecule has 1 saturated heterocycles. The molecule has 1 aliphatic rings. The van der Waals surface area contributed by atoms with Crippen LogP contribution in [0.4, 0.5) is 0 Å². The molecule has 3 nitrogen and oxygen atoms in total. The van der Waals surface area contributed by atoms with Crippen molar-refractivity contribution in [1.82, 2.24) is 9.88 Å². The highest BCUT2D eigenvalue weighted by Crippen LogP contribution is 2.30. The topological polar surface area (TPSA) is 42.1 Å². The summed E-state index contributed by atoms with van der Waals surface area (Å²) >= 11 is 0. The van der Waals surface area contributed by atoms with Crippen LogP contribution in [-0.4, -0.2) is 36.1 Å². The van der Waals surface area contributed by atoms with Gasteiger partial charge in [0.15, 0.2) is 0 Å². The Kier molecular flexibility index (Phi) is 4.51. The zero-order chi connectivity index (χ0) is 12.1. The molecule has 1 aliphatic heterocycles. The molecule has 1 aromatic rings. The average Bonchev–Trinajstić information content (AvgIpc) is 2.42. The van der Waals surface area contributed by atoms with E-state index in [0.717, 1.165) is 0 Å². The minimum absolute atomic E-state index is 0.440. The fraction of sp³-hybridized carbons (Fsp3) is 0.643. The van der Waals surface area contributed by atoms with Crippen LogP contribution in [0.25, 0.3) is 0 Å². The van der Waals surface area contributed by atoms with Gasteiger partial charge in [-0.3, -0.25) is 4.98 Å². The standard InChI is InChI=1S/C14H23N3/c1-2-17-9-6-12(7-10-17)13(11-15)14-5-3-4-8-16-14/h3-5,8,12-13H,2,6-7,9-11,15H2,1H3. The zero-order valence-electron chi connectivity index (χ0n) is 10.7. The Morgan fingerprint density at radius 1 is 1.41 bits per heavy atom. The molecule has 1 unspecified atom stereocenters. The van der Waals surface area contributed by atoms with E-state index in [1.807, 2.05) is 12.3 Å². The number of nitrogens with two attached hydrogens (primary N) is 1. The molecule has 2 heterocycles. The number of pyridine rings is 1. The largest absolute Gasteiger partial charge is 0.330 e. The second-order valence-electron chi connectivity index (χ2n) is 4.87. The number of likely N-dealkylation sites (tertiary alicyclic amines) is 1. The first-order chi connectivity index (χ1) is 8.35. The molecule has 94 valence electrons. The van der Waals surface area contributed by atoms with E-state index in [1.165, 1.54) is 38.2 Å². The summed E-state index contributed by atoms with van der Waals surface area (Å²) in [7, 11) is 0. The van der Waals surface area contributed by atoms with Crippen LogP contribution >= 0.6 is 0 Å². The number of hydrogen-bond acceptors (Lipinski definition) is 3. The van der Waals surface area contributed by atoms with Gasteiger partial charge in [-0.25, -0.2) is 0 Å². The monoisotopic (exact) mass is 233 g/mol. The van der Waals surface area contributed by atoms with Crippen molar-refractivity contribution in [3.8, 4) is 0 Å². The molecule has 2 rings (SSSR count). The molecule has 1 atom stereocenters. The van der Waals surface area contributed by atoms with Gasteiger partial charge in [0.25, 0.3) is 0 Å². The molecule has 0 aromatic carbocycles. The summed E-state index contributed by atoms with van der Waals surface area (Å²) in [6.07, 6.45) is 4.39. The van der Waals surface area contributed by atoms with Crippen molar-refractivity contribution in [2.75, 3.05) is 26.2 Å². The zero-order valence-corrected chi connectivity index (χ0v) is 10.7. The fourth-order valence-corrected chi connectivity index (χ4v) is 2.82. The Morgan fingerprint density at radius 3 is 2.71 bits per heavy atom. The molecule has 0 radical (unpaired) electrons. The Balaban J connectivity index is 2.00. The lowest BCUT2D eigenvalue weighted by Crippen LogP contribution is -2.37. The molecule has 3 heteroatoms. The molecule has 0 spiro atoms. The van der Waals surface area contributed by atoms with E-state index in [-0.39, 0.29) is 0 Å². The van der Waals surface area contributed by atoms with Gasteiger partial charge in [0.2, 0.25) is 0 Å². The number of piperidine rings is 1. The SMILES string of the molecule is CCN1CCC(C(CN)c2ccccn2)CC1. The second kappa shape index (κ2) is 6.12. The first kappa shape index (κ1) is 12.5. The smallest absolute Gasteiger partial charge is 0.0449 e. The van der Waals surface area contributed by atoms with Crippen LogP contribution in [0.3, 0.4) is 0 Å². The summed E-state index contributed by atoms with van der Waals surface area (Å²) in [5, 5.41) is 0. The van der Waals surface area contributed by atoms with Gasteiger partial charge in [0.1, 0.15) is 0 Å². The average molecular weight is 233 g/mol. The van der Waals surface area contributed by atoms with Crippen molar-refractivity contribution >= 4 is 0 Å². The summed E-state index contributed by atoms with van der Waals surface area (Å²) in [6, 6.07) is 6.15. The molecule has 0 saturated carbocycles. The summed E-state index contributed by atoms with van der Waals surface area (Å²) in [6.45, 7) is 6.55. The van der Waals surface area contributed by atoms with Gasteiger partial charge in [-0.2, -0.15) is 0 Å². The Labute approximate surface area is 104 Å². The van der Waals surface area contributed by atoms with E-state index in [9.17, 15) is 0 Å². The van der Waals surface area contributed by atoms with Gasteiger partial charge in [-0.15, -0.1) is 0 Å². The number of hydrogen-bond donors (Lipinski definition) is 1. The summed E-state index contributed by atoms with van der Waals surface area (Å²) in [5.41, 5.74) is 7.12. The number of nitrogens with zero attached hydrogens (tertiary/aromatic N) is 2. The van der Waals surface area contributed by atoms with Crippen LogP contribution in [0, 0.1) is 5.92 Å². The molecule has 1 fully saturated rings. The molecule has 0 aliphatic carbocycles. The first-order valence-electron chi connectivity index (χ1n) is 6.68. The van der Waals surface area contributed by atoms with Gasteiger partial charge < -0.3 is 10.6 Å². The quantitative estimate of drug-likeness (QED) is 0.863. The van der Waals surface area contributed by atoms with Crippen LogP contribution in [0.15, 0.2) is 24.4 Å². The van der Waals surface area contributed by atoms with Crippen molar-refractivity contribution < 1.29 is 0 Å². The minimum Gasteiger partial charge on any atom is -0.330 e. The highest BCUT2D eigenvalue weighted by molar-refractivity contribution is 5.11. The first-order valence-corrected chi connectivity index (χ1v) is 6.68. The highest BCUT2D eigenvalue weighted by atomic mass is 15.1. The molecule has 0 bridgehead atoms. The van der Waals surface area contributed by atoms with Gasteiger partial charge in [0, 0.05) is 24.4 Å². The third-order valence-electron chi connectivity index (χ3n) is 3.97. The molecule has 0 amide bonds. The van der Waals surface area contributed by atoms with Gasteiger partial charge >= 0.3 is 0 Å². The lowest BCUT2D eigenvalue weighted by atomic mass is 9.82. The predicted molar refractivity (Wildman–Crippen MR) is 70.9 cm³/mol. The third kappa shape index (κ3) is 3.05. The number of aromatic nitrogens is 1. The molecule has 1 aromatic heterocycles. The van der Waals surface area contributed by atoms with E-state index in [4.69, 9.17) is 5.73 Å². The maximum absolute atomic E-state index is 5.95. The van der Waals surface area contributed by atoms with Gasteiger partial charge in [0.05, 0.1) is 0 Å². The Bertz CT molecular complexity index is 317. The van der Waals surface area contributed by atoms with Crippen molar-refractivity contribution in [3.05, 3.63) is 30.1 Å². The summed E-state index contributed by atoms with van der Waals surface area (Å²) in [5.74, 6) is 1.15. The summed E-state index contributed by atoms with van der Waals surface area (Å²) in [4.78, 5) is 6.99. The fourth-order valence-electron chi connectivity index (χ4n) is 2.82. The van der Waals surface area contributed by atoms with Crippen LogP contribution in [0.5, 0.6) is 0 Å². The predicted octanol–water partition coefficient (Wildman–Crippen LogP) is 1.86. The second-order valence-corrected chi connectivity index (χ2v) is 4.87. The Morgan fingerprint density at radius 2 is 2.18 bits per heavy atom. The molecular weight excluding hydrogens is 210 g/mol. The van der Waals surface area contributed by atoms with E-state index in [2.05, 4.69) is 28.9 Å². The van der Waals surface area contributed by atoms with Gasteiger partial charge in [-0.05, 0) is 50.5 Å². The van der Waals surface area contributed by atoms with Crippen LogP contribution in [0.2, 0.25) is 0 Å². The van der Waals surface area contributed by atoms with E-state index in [1.54, 1.807) is 0 Å². The Hall–Kier alpha value is -0.930.